The maximum atomic E-state index is 13.0. The fraction of sp³-hybridized carbons (Fsp3) is 0.765. The third-order valence-electron chi connectivity index (χ3n) is 6.20. The van der Waals surface area contributed by atoms with E-state index in [-0.39, 0.29) is 0 Å². The molecule has 4 heteroatoms. The number of nitrogens with zero attached hydrogens (tertiary/aromatic N) is 2. The van der Waals surface area contributed by atoms with Gasteiger partial charge in [0.1, 0.15) is 5.78 Å². The first-order chi connectivity index (χ1) is 10.0. The maximum Gasteiger partial charge on any atom is 0.142 e. The van der Waals surface area contributed by atoms with E-state index < -0.39 is 0 Å². The summed E-state index contributed by atoms with van der Waals surface area (Å²) in [5.41, 5.74) is 2.02. The summed E-state index contributed by atoms with van der Waals surface area (Å²) in [6.45, 7) is 1.99. The maximum absolute atomic E-state index is 13.0. The van der Waals surface area contributed by atoms with Crippen LogP contribution in [0, 0.1) is 36.5 Å². The van der Waals surface area contributed by atoms with E-state index in [1.807, 2.05) is 18.7 Å². The lowest BCUT2D eigenvalue weighted by molar-refractivity contribution is -0.135. The van der Waals surface area contributed by atoms with E-state index in [4.69, 9.17) is 0 Å². The molecule has 1 aromatic heterocycles. The van der Waals surface area contributed by atoms with E-state index in [0.29, 0.717) is 30.0 Å². The first-order valence-electron chi connectivity index (χ1n) is 8.23. The second kappa shape index (κ2) is 4.94. The van der Waals surface area contributed by atoms with E-state index in [2.05, 4.69) is 21.0 Å². The summed E-state index contributed by atoms with van der Waals surface area (Å²) in [6, 6.07) is 0. The minimum atomic E-state index is 0.333. The Bertz CT molecular complexity index is 564. The Kier molecular flexibility index (Phi) is 3.29. The number of rotatable bonds is 3. The minimum Gasteiger partial charge on any atom is -0.299 e. The Morgan fingerprint density at radius 1 is 1.19 bits per heavy atom. The number of aryl methyl sites for hydroxylation is 2. The Labute approximate surface area is 134 Å². The van der Waals surface area contributed by atoms with Gasteiger partial charge >= 0.3 is 0 Å². The highest BCUT2D eigenvalue weighted by atomic mass is 79.9. The predicted octanol–water partition coefficient (Wildman–Crippen LogP) is 3.67. The molecular weight excluding hydrogens is 328 g/mol. The van der Waals surface area contributed by atoms with Gasteiger partial charge in [-0.25, -0.2) is 0 Å². The van der Waals surface area contributed by atoms with Gasteiger partial charge in [-0.1, -0.05) is 0 Å². The smallest absolute Gasteiger partial charge is 0.142 e. The molecule has 0 aromatic carbocycles. The van der Waals surface area contributed by atoms with Crippen LogP contribution >= 0.6 is 15.9 Å². The molecule has 0 N–H and O–H groups in total. The third-order valence-corrected chi connectivity index (χ3v) is 7.23. The van der Waals surface area contributed by atoms with Gasteiger partial charge in [0, 0.05) is 19.4 Å². The van der Waals surface area contributed by atoms with Gasteiger partial charge in [0.25, 0.3) is 0 Å². The van der Waals surface area contributed by atoms with Crippen molar-refractivity contribution in [2.45, 2.75) is 45.4 Å². The van der Waals surface area contributed by atoms with Gasteiger partial charge < -0.3 is 0 Å². The molecule has 0 aliphatic heterocycles. The summed E-state index contributed by atoms with van der Waals surface area (Å²) in [5, 5.41) is 4.42. The molecule has 4 aliphatic rings. The van der Waals surface area contributed by atoms with Gasteiger partial charge in [-0.2, -0.15) is 5.10 Å². The number of Topliss-reactive ketones (excluding diaryl/α,β-unsaturated/α-hetero) is 1. The molecule has 4 saturated carbocycles. The second-order valence-corrected chi connectivity index (χ2v) is 8.36. The SMILES string of the molecule is Cc1nn(C)c(CC(=O)C2C3CC4CC(C3)CC2C4)c1Br. The monoisotopic (exact) mass is 350 g/mol. The molecule has 0 saturated heterocycles. The van der Waals surface area contributed by atoms with E-state index in [0.717, 1.165) is 27.7 Å². The molecule has 4 aliphatic carbocycles. The van der Waals surface area contributed by atoms with Crippen LogP contribution in [0.15, 0.2) is 4.47 Å². The second-order valence-electron chi connectivity index (χ2n) is 7.57. The van der Waals surface area contributed by atoms with Gasteiger partial charge in [0.05, 0.1) is 15.9 Å². The lowest BCUT2D eigenvalue weighted by Gasteiger charge is -2.53. The highest BCUT2D eigenvalue weighted by Crippen LogP contribution is 2.56. The van der Waals surface area contributed by atoms with Crippen molar-refractivity contribution in [3.8, 4) is 0 Å². The van der Waals surface area contributed by atoms with Crippen molar-refractivity contribution in [3.05, 3.63) is 15.9 Å². The molecule has 1 aromatic rings. The fourth-order valence-electron chi connectivity index (χ4n) is 5.61. The van der Waals surface area contributed by atoms with Crippen molar-refractivity contribution in [1.29, 1.82) is 0 Å². The molecular formula is C17H23BrN2O. The fourth-order valence-corrected chi connectivity index (χ4v) is 6.08. The first kappa shape index (κ1) is 14.0. The number of halogens is 1. The van der Waals surface area contributed by atoms with E-state index in [1.165, 1.54) is 32.1 Å². The molecule has 4 bridgehead atoms. The molecule has 0 unspecified atom stereocenters. The minimum absolute atomic E-state index is 0.333. The summed E-state index contributed by atoms with van der Waals surface area (Å²) in [5.74, 6) is 4.03. The van der Waals surface area contributed by atoms with E-state index >= 15 is 0 Å². The van der Waals surface area contributed by atoms with Crippen LogP contribution in [0.2, 0.25) is 0 Å². The zero-order valence-electron chi connectivity index (χ0n) is 12.8. The van der Waals surface area contributed by atoms with Gasteiger partial charge in [-0.05, 0) is 78.6 Å². The van der Waals surface area contributed by atoms with Gasteiger partial charge in [-0.3, -0.25) is 9.48 Å². The van der Waals surface area contributed by atoms with Crippen LogP contribution in [0.4, 0.5) is 0 Å². The van der Waals surface area contributed by atoms with Crippen LogP contribution in [0.25, 0.3) is 0 Å². The number of hydrogen-bond acceptors (Lipinski definition) is 2. The number of aromatic nitrogens is 2. The van der Waals surface area contributed by atoms with E-state index in [1.54, 1.807) is 0 Å². The topological polar surface area (TPSA) is 34.9 Å². The summed E-state index contributed by atoms with van der Waals surface area (Å²) in [4.78, 5) is 13.0. The van der Waals surface area contributed by atoms with Crippen LogP contribution in [-0.2, 0) is 18.3 Å². The average Bonchev–Trinajstić information content (AvgIpc) is 2.64. The van der Waals surface area contributed by atoms with Crippen molar-refractivity contribution >= 4 is 21.7 Å². The molecule has 114 valence electrons. The summed E-state index contributed by atoms with van der Waals surface area (Å²) in [6.07, 6.45) is 7.25. The van der Waals surface area contributed by atoms with Crippen LogP contribution in [-0.4, -0.2) is 15.6 Å². The predicted molar refractivity (Wildman–Crippen MR) is 84.9 cm³/mol. The number of ketones is 1. The standard InChI is InChI=1S/C17H23BrN2O/c1-9-17(18)14(20(2)19-9)8-15(21)16-12-4-10-3-11(6-12)7-13(16)5-10/h10-13,16H,3-8H2,1-2H3. The lowest BCUT2D eigenvalue weighted by atomic mass is 9.51. The molecule has 4 fully saturated rings. The highest BCUT2D eigenvalue weighted by Gasteiger charge is 2.50. The van der Waals surface area contributed by atoms with Crippen LogP contribution in [0.3, 0.4) is 0 Å². The highest BCUT2D eigenvalue weighted by molar-refractivity contribution is 9.10. The molecule has 5 rings (SSSR count). The zero-order chi connectivity index (χ0) is 14.7. The molecule has 0 amide bonds. The normalized spacial score (nSPS) is 37.2. The molecule has 0 spiro atoms. The van der Waals surface area contributed by atoms with Crippen LogP contribution in [0.5, 0.6) is 0 Å². The molecule has 0 atom stereocenters. The quantitative estimate of drug-likeness (QED) is 0.833. The number of carbonyl (C=O) groups excluding carboxylic acids is 1. The van der Waals surface area contributed by atoms with Gasteiger partial charge in [0.15, 0.2) is 0 Å². The van der Waals surface area contributed by atoms with Crippen molar-refractivity contribution in [1.82, 2.24) is 9.78 Å². The Morgan fingerprint density at radius 3 is 2.24 bits per heavy atom. The van der Waals surface area contributed by atoms with Crippen LogP contribution < -0.4 is 0 Å². The molecule has 1 heterocycles. The van der Waals surface area contributed by atoms with E-state index in [9.17, 15) is 4.79 Å². The average molecular weight is 351 g/mol. The zero-order valence-corrected chi connectivity index (χ0v) is 14.4. The van der Waals surface area contributed by atoms with Crippen molar-refractivity contribution in [3.63, 3.8) is 0 Å². The molecule has 3 nitrogen and oxygen atoms in total. The lowest BCUT2D eigenvalue weighted by Crippen LogP contribution is -2.48. The molecule has 0 radical (unpaired) electrons. The Hall–Kier alpha value is -0.640. The van der Waals surface area contributed by atoms with Crippen molar-refractivity contribution in [2.75, 3.05) is 0 Å². The van der Waals surface area contributed by atoms with Gasteiger partial charge in [-0.15, -0.1) is 0 Å². The Morgan fingerprint density at radius 2 is 1.76 bits per heavy atom. The number of carbonyl (C=O) groups is 1. The summed E-state index contributed by atoms with van der Waals surface area (Å²) in [7, 11) is 1.94. The van der Waals surface area contributed by atoms with Gasteiger partial charge in [0.2, 0.25) is 0 Å². The number of hydrogen-bond donors (Lipinski definition) is 0. The largest absolute Gasteiger partial charge is 0.299 e. The first-order valence-corrected chi connectivity index (χ1v) is 9.03. The summed E-state index contributed by atoms with van der Waals surface area (Å²) < 4.78 is 2.88. The molecule has 21 heavy (non-hydrogen) atoms. The Balaban J connectivity index is 1.55. The third kappa shape index (κ3) is 2.21. The van der Waals surface area contributed by atoms with Crippen molar-refractivity contribution in [2.24, 2.45) is 36.6 Å². The summed E-state index contributed by atoms with van der Waals surface area (Å²) >= 11 is 3.60. The van der Waals surface area contributed by atoms with Crippen LogP contribution in [0.1, 0.15) is 43.5 Å². The van der Waals surface area contributed by atoms with Crippen molar-refractivity contribution < 1.29 is 4.79 Å².